The van der Waals surface area contributed by atoms with Crippen molar-refractivity contribution in [1.82, 2.24) is 14.8 Å². The van der Waals surface area contributed by atoms with Gasteiger partial charge in [-0.3, -0.25) is 9.36 Å². The lowest BCUT2D eigenvalue weighted by atomic mass is 10.2. The van der Waals surface area contributed by atoms with E-state index in [2.05, 4.69) is 14.8 Å². The lowest BCUT2D eigenvalue weighted by molar-refractivity contribution is 0.0953. The molecule has 0 aromatic carbocycles. The maximum atomic E-state index is 12.2. The first kappa shape index (κ1) is 16.6. The van der Waals surface area contributed by atoms with E-state index in [4.69, 9.17) is 9.15 Å². The number of furan rings is 1. The first-order chi connectivity index (χ1) is 12.3. The molecule has 0 spiro atoms. The van der Waals surface area contributed by atoms with Gasteiger partial charge in [-0.2, -0.15) is 0 Å². The van der Waals surface area contributed by atoms with Crippen LogP contribution in [-0.2, 0) is 11.3 Å². The number of hydrogen-bond acceptors (Lipinski definition) is 7. The summed E-state index contributed by atoms with van der Waals surface area (Å²) in [6.45, 7) is 1.51. The standard InChI is InChI=1S/C17H17N3O3S2/c21-13(14-5-2-8-23-14)11-25-17-19-18-16(15-6-3-9-24-15)20(17)10-12-4-1-7-22-12/h2-3,5-6,8-9,12H,1,4,7,10-11H2/t12-/m1/s1. The van der Waals surface area contributed by atoms with Crippen molar-refractivity contribution in [2.75, 3.05) is 12.4 Å². The molecule has 1 atom stereocenters. The molecule has 0 aliphatic carbocycles. The largest absolute Gasteiger partial charge is 0.461 e. The monoisotopic (exact) mass is 375 g/mol. The Bertz CT molecular complexity index is 822. The fraction of sp³-hybridized carbons (Fsp3) is 0.353. The zero-order valence-corrected chi connectivity index (χ0v) is 15.1. The average Bonchev–Trinajstić information content (AvgIpc) is 3.40. The number of ether oxygens (including phenoxy) is 1. The van der Waals surface area contributed by atoms with Crippen LogP contribution in [0.15, 0.2) is 45.5 Å². The molecular formula is C17H17N3O3S2. The molecule has 4 heterocycles. The molecule has 1 aliphatic heterocycles. The van der Waals surface area contributed by atoms with Gasteiger partial charge in [0.1, 0.15) is 0 Å². The smallest absolute Gasteiger partial charge is 0.208 e. The average molecular weight is 375 g/mol. The number of carbonyl (C=O) groups is 1. The predicted molar refractivity (Wildman–Crippen MR) is 96.1 cm³/mol. The SMILES string of the molecule is O=C(CSc1nnc(-c2cccs2)n1C[C@H]1CCCO1)c1ccco1. The van der Waals surface area contributed by atoms with E-state index in [1.807, 2.05) is 17.5 Å². The van der Waals surface area contributed by atoms with E-state index in [1.54, 1.807) is 23.5 Å². The molecule has 6 nitrogen and oxygen atoms in total. The molecule has 4 rings (SSSR count). The molecule has 3 aromatic heterocycles. The van der Waals surface area contributed by atoms with Crippen molar-refractivity contribution in [3.05, 3.63) is 41.7 Å². The van der Waals surface area contributed by atoms with E-state index in [0.717, 1.165) is 35.3 Å². The minimum Gasteiger partial charge on any atom is -0.461 e. The van der Waals surface area contributed by atoms with E-state index in [1.165, 1.54) is 18.0 Å². The van der Waals surface area contributed by atoms with Crippen LogP contribution in [0.4, 0.5) is 0 Å². The number of rotatable bonds is 7. The Kier molecular flexibility index (Phi) is 5.00. The highest BCUT2D eigenvalue weighted by molar-refractivity contribution is 7.99. The second-order valence-corrected chi connectivity index (χ2v) is 7.61. The van der Waals surface area contributed by atoms with E-state index in [0.29, 0.717) is 12.3 Å². The highest BCUT2D eigenvalue weighted by Crippen LogP contribution is 2.29. The second-order valence-electron chi connectivity index (χ2n) is 5.72. The molecule has 0 radical (unpaired) electrons. The van der Waals surface area contributed by atoms with Crippen molar-refractivity contribution in [3.63, 3.8) is 0 Å². The number of hydrogen-bond donors (Lipinski definition) is 0. The maximum Gasteiger partial charge on any atom is 0.208 e. The Morgan fingerprint density at radius 1 is 1.36 bits per heavy atom. The number of thioether (sulfide) groups is 1. The maximum absolute atomic E-state index is 12.2. The van der Waals surface area contributed by atoms with Crippen molar-refractivity contribution in [2.45, 2.75) is 30.6 Å². The summed E-state index contributed by atoms with van der Waals surface area (Å²) in [4.78, 5) is 13.2. The number of nitrogens with zero attached hydrogens (tertiary/aromatic N) is 3. The number of thiophene rings is 1. The molecule has 0 amide bonds. The first-order valence-electron chi connectivity index (χ1n) is 8.09. The third-order valence-corrected chi connectivity index (χ3v) is 5.83. The van der Waals surface area contributed by atoms with Gasteiger partial charge in [0.05, 0.1) is 29.5 Å². The molecule has 130 valence electrons. The molecule has 1 aliphatic rings. The molecule has 1 fully saturated rings. The van der Waals surface area contributed by atoms with Crippen molar-refractivity contribution in [2.24, 2.45) is 0 Å². The van der Waals surface area contributed by atoms with Gasteiger partial charge >= 0.3 is 0 Å². The molecule has 25 heavy (non-hydrogen) atoms. The molecule has 0 bridgehead atoms. The quantitative estimate of drug-likeness (QED) is 0.463. The Hall–Kier alpha value is -1.90. The van der Waals surface area contributed by atoms with Crippen LogP contribution in [-0.4, -0.2) is 39.0 Å². The van der Waals surface area contributed by atoms with Gasteiger partial charge in [0.2, 0.25) is 5.78 Å². The summed E-state index contributed by atoms with van der Waals surface area (Å²) in [5.41, 5.74) is 0. The summed E-state index contributed by atoms with van der Waals surface area (Å²) in [6, 6.07) is 7.42. The summed E-state index contributed by atoms with van der Waals surface area (Å²) in [6.07, 6.45) is 3.81. The summed E-state index contributed by atoms with van der Waals surface area (Å²) < 4.78 is 13.0. The van der Waals surface area contributed by atoms with Crippen molar-refractivity contribution in [3.8, 4) is 10.7 Å². The highest BCUT2D eigenvalue weighted by atomic mass is 32.2. The van der Waals surface area contributed by atoms with Gasteiger partial charge in [-0.1, -0.05) is 17.8 Å². The van der Waals surface area contributed by atoms with Crippen molar-refractivity contribution < 1.29 is 13.9 Å². The van der Waals surface area contributed by atoms with E-state index in [9.17, 15) is 4.79 Å². The van der Waals surface area contributed by atoms with Crippen LogP contribution < -0.4 is 0 Å². The van der Waals surface area contributed by atoms with Gasteiger partial charge in [0.25, 0.3) is 0 Å². The molecule has 1 saturated heterocycles. The van der Waals surface area contributed by atoms with Gasteiger partial charge in [0, 0.05) is 6.61 Å². The van der Waals surface area contributed by atoms with Crippen LogP contribution in [0.5, 0.6) is 0 Å². The van der Waals surface area contributed by atoms with Crippen LogP contribution in [0.1, 0.15) is 23.4 Å². The third kappa shape index (κ3) is 3.70. The minimum atomic E-state index is -0.0562. The molecule has 3 aromatic rings. The van der Waals surface area contributed by atoms with E-state index >= 15 is 0 Å². The van der Waals surface area contributed by atoms with E-state index < -0.39 is 0 Å². The fourth-order valence-corrected chi connectivity index (χ4v) is 4.31. The first-order valence-corrected chi connectivity index (χ1v) is 9.96. The normalized spacial score (nSPS) is 17.2. The second kappa shape index (κ2) is 7.55. The number of carbonyl (C=O) groups excluding carboxylic acids is 1. The van der Waals surface area contributed by atoms with Gasteiger partial charge in [-0.25, -0.2) is 0 Å². The zero-order valence-electron chi connectivity index (χ0n) is 13.5. The fourth-order valence-electron chi connectivity index (χ4n) is 2.78. The minimum absolute atomic E-state index is 0.0562. The summed E-state index contributed by atoms with van der Waals surface area (Å²) in [5, 5.41) is 11.4. The third-order valence-electron chi connectivity index (χ3n) is 4.00. The molecule has 0 N–H and O–H groups in total. The zero-order chi connectivity index (χ0) is 17.1. The summed E-state index contributed by atoms with van der Waals surface area (Å²) in [5.74, 6) is 1.41. The number of aromatic nitrogens is 3. The number of ketones is 1. The van der Waals surface area contributed by atoms with Gasteiger partial charge in [-0.05, 0) is 36.4 Å². The highest BCUT2D eigenvalue weighted by Gasteiger charge is 2.23. The van der Waals surface area contributed by atoms with Crippen molar-refractivity contribution in [1.29, 1.82) is 0 Å². The Morgan fingerprint density at radius 3 is 3.04 bits per heavy atom. The lowest BCUT2D eigenvalue weighted by Crippen LogP contribution is -2.17. The summed E-state index contributed by atoms with van der Waals surface area (Å²) in [7, 11) is 0. The van der Waals surface area contributed by atoms with E-state index in [-0.39, 0.29) is 17.6 Å². The van der Waals surface area contributed by atoms with Gasteiger partial charge in [0.15, 0.2) is 16.7 Å². The Labute approximate surface area is 153 Å². The van der Waals surface area contributed by atoms with Crippen LogP contribution in [0.3, 0.4) is 0 Å². The van der Waals surface area contributed by atoms with Crippen LogP contribution in [0.25, 0.3) is 10.7 Å². The van der Waals surface area contributed by atoms with Crippen molar-refractivity contribution >= 4 is 28.9 Å². The predicted octanol–water partition coefficient (Wildman–Crippen LogP) is 3.75. The molecule has 0 saturated carbocycles. The number of Topliss-reactive ketones (excluding diaryl/α,β-unsaturated/α-hetero) is 1. The van der Waals surface area contributed by atoms with Crippen LogP contribution >= 0.6 is 23.1 Å². The van der Waals surface area contributed by atoms with Gasteiger partial charge < -0.3 is 9.15 Å². The lowest BCUT2D eigenvalue weighted by Gasteiger charge is -2.14. The van der Waals surface area contributed by atoms with Crippen LogP contribution in [0, 0.1) is 0 Å². The molecular weight excluding hydrogens is 358 g/mol. The Morgan fingerprint density at radius 2 is 2.32 bits per heavy atom. The molecule has 0 unspecified atom stereocenters. The van der Waals surface area contributed by atoms with Crippen LogP contribution in [0.2, 0.25) is 0 Å². The topological polar surface area (TPSA) is 70.2 Å². The Balaban J connectivity index is 1.54. The summed E-state index contributed by atoms with van der Waals surface area (Å²) >= 11 is 3.01. The molecule has 8 heteroatoms. The van der Waals surface area contributed by atoms with Gasteiger partial charge in [-0.15, -0.1) is 21.5 Å².